The first-order valence-electron chi connectivity index (χ1n) is 10.0. The molecule has 0 bridgehead atoms. The second-order valence-electron chi connectivity index (χ2n) is 7.85. The standard InChI is InChI=1S/C24H29N3O2/c1-18(2)13-25-24(28)22-17-29-23(26-22)16-27(14-20-7-5-4-6-8-20)15-21-11-9-19(3)10-12-21/h4-12,17-18H,13-16H2,1-3H3,(H,25,28). The predicted octanol–water partition coefficient (Wildman–Crippen LogP) is 4.57. The number of carbonyl (C=O) groups is 1. The minimum absolute atomic E-state index is 0.193. The van der Waals surface area contributed by atoms with Gasteiger partial charge in [0.05, 0.1) is 6.54 Å². The van der Waals surface area contributed by atoms with E-state index in [4.69, 9.17) is 4.42 Å². The van der Waals surface area contributed by atoms with Crippen LogP contribution in [0, 0.1) is 12.8 Å². The third-order valence-corrected chi connectivity index (χ3v) is 4.59. The number of aryl methyl sites for hydroxylation is 1. The number of nitrogens with zero attached hydrogens (tertiary/aromatic N) is 2. The van der Waals surface area contributed by atoms with Gasteiger partial charge in [-0.2, -0.15) is 0 Å². The summed E-state index contributed by atoms with van der Waals surface area (Å²) in [6.45, 7) is 8.89. The zero-order valence-electron chi connectivity index (χ0n) is 17.4. The minimum atomic E-state index is -0.193. The molecule has 29 heavy (non-hydrogen) atoms. The second-order valence-corrected chi connectivity index (χ2v) is 7.85. The van der Waals surface area contributed by atoms with E-state index >= 15 is 0 Å². The van der Waals surface area contributed by atoms with Crippen LogP contribution in [0.15, 0.2) is 65.3 Å². The van der Waals surface area contributed by atoms with Crippen LogP contribution in [0.3, 0.4) is 0 Å². The highest BCUT2D eigenvalue weighted by molar-refractivity contribution is 5.91. The normalized spacial score (nSPS) is 11.2. The Kier molecular flexibility index (Phi) is 7.19. The van der Waals surface area contributed by atoms with Crippen molar-refractivity contribution in [2.24, 2.45) is 5.92 Å². The lowest BCUT2D eigenvalue weighted by molar-refractivity contribution is 0.0944. The Balaban J connectivity index is 1.70. The van der Waals surface area contributed by atoms with Crippen molar-refractivity contribution >= 4 is 5.91 Å². The fraction of sp³-hybridized carbons (Fsp3) is 0.333. The Morgan fingerprint density at radius 1 is 1.00 bits per heavy atom. The van der Waals surface area contributed by atoms with E-state index in [2.05, 4.69) is 72.4 Å². The van der Waals surface area contributed by atoms with E-state index in [0.29, 0.717) is 30.6 Å². The van der Waals surface area contributed by atoms with Crippen molar-refractivity contribution < 1.29 is 9.21 Å². The highest BCUT2D eigenvalue weighted by atomic mass is 16.3. The number of amides is 1. The molecule has 5 nitrogen and oxygen atoms in total. The van der Waals surface area contributed by atoms with Crippen molar-refractivity contribution in [1.82, 2.24) is 15.2 Å². The van der Waals surface area contributed by atoms with Gasteiger partial charge in [-0.05, 0) is 24.0 Å². The molecule has 0 fully saturated rings. The summed E-state index contributed by atoms with van der Waals surface area (Å²) >= 11 is 0. The molecular weight excluding hydrogens is 362 g/mol. The van der Waals surface area contributed by atoms with E-state index in [1.807, 2.05) is 18.2 Å². The Morgan fingerprint density at radius 2 is 1.66 bits per heavy atom. The molecule has 0 atom stereocenters. The van der Waals surface area contributed by atoms with Crippen molar-refractivity contribution in [3.05, 3.63) is 89.1 Å². The maximum atomic E-state index is 12.2. The molecule has 0 aliphatic carbocycles. The predicted molar refractivity (Wildman–Crippen MR) is 114 cm³/mol. The van der Waals surface area contributed by atoms with Gasteiger partial charge in [-0.15, -0.1) is 0 Å². The number of nitrogens with one attached hydrogen (secondary N) is 1. The van der Waals surface area contributed by atoms with Gasteiger partial charge in [0.15, 0.2) is 5.69 Å². The number of hydrogen-bond donors (Lipinski definition) is 1. The van der Waals surface area contributed by atoms with Crippen molar-refractivity contribution in [2.45, 2.75) is 40.4 Å². The zero-order chi connectivity index (χ0) is 20.6. The molecule has 0 spiro atoms. The summed E-state index contributed by atoms with van der Waals surface area (Å²) < 4.78 is 5.60. The average molecular weight is 392 g/mol. The molecule has 0 saturated carbocycles. The largest absolute Gasteiger partial charge is 0.447 e. The molecule has 0 unspecified atom stereocenters. The molecule has 5 heteroatoms. The molecule has 3 rings (SSSR count). The number of rotatable bonds is 9. The molecular formula is C24H29N3O2. The summed E-state index contributed by atoms with van der Waals surface area (Å²) in [5, 5.41) is 2.87. The first-order valence-corrected chi connectivity index (χ1v) is 10.0. The van der Waals surface area contributed by atoms with Gasteiger partial charge < -0.3 is 9.73 Å². The van der Waals surface area contributed by atoms with Crippen molar-refractivity contribution in [3.8, 4) is 0 Å². The number of carbonyl (C=O) groups excluding carboxylic acids is 1. The quantitative estimate of drug-likeness (QED) is 0.580. The fourth-order valence-corrected chi connectivity index (χ4v) is 3.03. The first-order chi connectivity index (χ1) is 14.0. The summed E-state index contributed by atoms with van der Waals surface area (Å²) in [7, 11) is 0. The van der Waals surface area contributed by atoms with Crippen molar-refractivity contribution in [1.29, 1.82) is 0 Å². The first kappa shape index (κ1) is 20.8. The lowest BCUT2D eigenvalue weighted by Gasteiger charge is -2.21. The molecule has 0 saturated heterocycles. The van der Waals surface area contributed by atoms with Crippen LogP contribution in [0.1, 0.15) is 46.9 Å². The minimum Gasteiger partial charge on any atom is -0.447 e. The van der Waals surface area contributed by atoms with E-state index < -0.39 is 0 Å². The van der Waals surface area contributed by atoms with Gasteiger partial charge in [0.25, 0.3) is 5.91 Å². The van der Waals surface area contributed by atoms with Gasteiger partial charge in [-0.3, -0.25) is 9.69 Å². The maximum absolute atomic E-state index is 12.2. The van der Waals surface area contributed by atoms with Crippen LogP contribution in [-0.4, -0.2) is 22.3 Å². The highest BCUT2D eigenvalue weighted by Gasteiger charge is 2.16. The Labute approximate surface area is 172 Å². The van der Waals surface area contributed by atoms with Crippen molar-refractivity contribution in [2.75, 3.05) is 6.54 Å². The summed E-state index contributed by atoms with van der Waals surface area (Å²) in [5.74, 6) is 0.741. The van der Waals surface area contributed by atoms with E-state index in [1.165, 1.54) is 23.0 Å². The Hall–Kier alpha value is -2.92. The van der Waals surface area contributed by atoms with Gasteiger partial charge in [-0.25, -0.2) is 4.98 Å². The number of hydrogen-bond acceptors (Lipinski definition) is 4. The van der Waals surface area contributed by atoms with Crippen LogP contribution >= 0.6 is 0 Å². The lowest BCUT2D eigenvalue weighted by Crippen LogP contribution is -2.27. The lowest BCUT2D eigenvalue weighted by atomic mass is 10.1. The number of oxazole rings is 1. The second kappa shape index (κ2) is 10.0. The number of aromatic nitrogens is 1. The number of benzene rings is 2. The molecule has 0 aliphatic rings. The third kappa shape index (κ3) is 6.57. The van der Waals surface area contributed by atoms with Crippen LogP contribution in [0.2, 0.25) is 0 Å². The average Bonchev–Trinajstić information content (AvgIpc) is 3.17. The smallest absolute Gasteiger partial charge is 0.273 e. The molecule has 3 aromatic rings. The summed E-state index contributed by atoms with van der Waals surface area (Å²) in [6.07, 6.45) is 1.44. The van der Waals surface area contributed by atoms with Crippen LogP contribution in [0.5, 0.6) is 0 Å². The Bertz CT molecular complexity index is 901. The van der Waals surface area contributed by atoms with Gasteiger partial charge in [0.1, 0.15) is 6.26 Å². The Morgan fingerprint density at radius 3 is 2.31 bits per heavy atom. The SMILES string of the molecule is Cc1ccc(CN(Cc2ccccc2)Cc2nc(C(=O)NCC(C)C)co2)cc1. The highest BCUT2D eigenvalue weighted by Crippen LogP contribution is 2.15. The molecule has 0 aliphatic heterocycles. The molecule has 0 radical (unpaired) electrons. The monoisotopic (exact) mass is 391 g/mol. The van der Waals surface area contributed by atoms with Crippen LogP contribution in [0.25, 0.3) is 0 Å². The molecule has 1 heterocycles. The van der Waals surface area contributed by atoms with E-state index in [0.717, 1.165) is 13.1 Å². The van der Waals surface area contributed by atoms with E-state index in [1.54, 1.807) is 0 Å². The van der Waals surface area contributed by atoms with Crippen LogP contribution in [-0.2, 0) is 19.6 Å². The van der Waals surface area contributed by atoms with Crippen molar-refractivity contribution in [3.63, 3.8) is 0 Å². The van der Waals surface area contributed by atoms with E-state index in [-0.39, 0.29) is 5.91 Å². The van der Waals surface area contributed by atoms with Gasteiger partial charge in [0, 0.05) is 19.6 Å². The summed E-state index contributed by atoms with van der Waals surface area (Å²) in [6, 6.07) is 18.9. The van der Waals surface area contributed by atoms with Crippen LogP contribution in [0.4, 0.5) is 0 Å². The third-order valence-electron chi connectivity index (χ3n) is 4.59. The van der Waals surface area contributed by atoms with Gasteiger partial charge in [-0.1, -0.05) is 74.0 Å². The van der Waals surface area contributed by atoms with Gasteiger partial charge in [0.2, 0.25) is 5.89 Å². The zero-order valence-corrected chi connectivity index (χ0v) is 17.4. The van der Waals surface area contributed by atoms with Gasteiger partial charge >= 0.3 is 0 Å². The van der Waals surface area contributed by atoms with Crippen LogP contribution < -0.4 is 5.32 Å². The molecule has 152 valence electrons. The fourth-order valence-electron chi connectivity index (χ4n) is 3.03. The topological polar surface area (TPSA) is 58.4 Å². The maximum Gasteiger partial charge on any atom is 0.273 e. The molecule has 2 aromatic carbocycles. The molecule has 1 aromatic heterocycles. The van der Waals surface area contributed by atoms with E-state index in [9.17, 15) is 4.79 Å². The molecule has 1 amide bonds. The summed E-state index contributed by atoms with van der Waals surface area (Å²) in [4.78, 5) is 18.9. The molecule has 1 N–H and O–H groups in total. The summed E-state index contributed by atoms with van der Waals surface area (Å²) in [5.41, 5.74) is 4.03.